The Labute approximate surface area is 234 Å². The van der Waals surface area contributed by atoms with Crippen LogP contribution in [0.1, 0.15) is 22.3 Å². The number of imide groups is 1. The predicted molar refractivity (Wildman–Crippen MR) is 151 cm³/mol. The molecule has 0 bridgehead atoms. The molecule has 1 aliphatic heterocycles. The standard InChI is InChI=1S/C28H24Cl2N2O5S/c1-16-9-17(2)11-21(10-16)31-25(33)14-32-27(34)24(38-28(32)35)12-18-5-4-6-23(36-3)26(18)37-15-19-7-8-20(29)13-22(19)30/h4-13H,14-15H2,1-3H3,(H,31,33)/b24-12+. The number of ether oxygens (including phenoxy) is 2. The average Bonchev–Trinajstić information content (AvgIpc) is 3.10. The summed E-state index contributed by atoms with van der Waals surface area (Å²) in [4.78, 5) is 39.4. The topological polar surface area (TPSA) is 84.9 Å². The Morgan fingerprint density at radius 2 is 1.79 bits per heavy atom. The molecule has 38 heavy (non-hydrogen) atoms. The molecule has 7 nitrogen and oxygen atoms in total. The van der Waals surface area contributed by atoms with Gasteiger partial charge in [-0.25, -0.2) is 0 Å². The van der Waals surface area contributed by atoms with E-state index in [0.29, 0.717) is 38.4 Å². The van der Waals surface area contributed by atoms with Crippen molar-refractivity contribution in [3.63, 3.8) is 0 Å². The number of carbonyl (C=O) groups excluding carboxylic acids is 3. The fraction of sp³-hybridized carbons (Fsp3) is 0.179. The van der Waals surface area contributed by atoms with Gasteiger partial charge in [0.15, 0.2) is 11.5 Å². The third-order valence-corrected chi connectivity index (χ3v) is 7.08. The van der Waals surface area contributed by atoms with Crippen LogP contribution >= 0.6 is 35.0 Å². The van der Waals surface area contributed by atoms with Gasteiger partial charge in [0.05, 0.1) is 12.0 Å². The minimum atomic E-state index is -0.565. The van der Waals surface area contributed by atoms with Crippen LogP contribution in [0.15, 0.2) is 59.5 Å². The molecule has 1 N–H and O–H groups in total. The Kier molecular flexibility index (Phi) is 8.66. The van der Waals surface area contributed by atoms with Gasteiger partial charge in [0.1, 0.15) is 13.2 Å². The Hall–Kier alpha value is -3.46. The van der Waals surface area contributed by atoms with Crippen molar-refractivity contribution in [2.24, 2.45) is 0 Å². The number of nitrogens with zero attached hydrogens (tertiary/aromatic N) is 1. The number of hydrogen-bond donors (Lipinski definition) is 1. The van der Waals surface area contributed by atoms with Gasteiger partial charge < -0.3 is 14.8 Å². The number of benzene rings is 3. The molecule has 1 heterocycles. The lowest BCUT2D eigenvalue weighted by atomic mass is 10.1. The van der Waals surface area contributed by atoms with Crippen molar-refractivity contribution in [1.29, 1.82) is 0 Å². The van der Waals surface area contributed by atoms with Crippen LogP contribution in [0.2, 0.25) is 10.0 Å². The predicted octanol–water partition coefficient (Wildman–Crippen LogP) is 6.87. The molecule has 0 aromatic heterocycles. The van der Waals surface area contributed by atoms with Crippen molar-refractivity contribution in [3.05, 3.63) is 91.8 Å². The van der Waals surface area contributed by atoms with Gasteiger partial charge in [0.25, 0.3) is 11.1 Å². The van der Waals surface area contributed by atoms with E-state index in [1.807, 2.05) is 32.0 Å². The largest absolute Gasteiger partial charge is 0.493 e. The summed E-state index contributed by atoms with van der Waals surface area (Å²) < 4.78 is 11.5. The molecule has 3 amide bonds. The smallest absolute Gasteiger partial charge is 0.294 e. The molecular weight excluding hydrogens is 547 g/mol. The summed E-state index contributed by atoms with van der Waals surface area (Å²) in [6.45, 7) is 3.57. The summed E-state index contributed by atoms with van der Waals surface area (Å²) in [6, 6.07) is 15.9. The van der Waals surface area contributed by atoms with E-state index in [2.05, 4.69) is 5.32 Å². The van der Waals surface area contributed by atoms with Crippen LogP contribution in [0.5, 0.6) is 11.5 Å². The van der Waals surface area contributed by atoms with Gasteiger partial charge in [-0.05, 0) is 73.1 Å². The molecule has 10 heteroatoms. The van der Waals surface area contributed by atoms with Crippen LogP contribution in [-0.2, 0) is 16.2 Å². The van der Waals surface area contributed by atoms with Crippen LogP contribution in [0, 0.1) is 13.8 Å². The molecule has 3 aromatic rings. The van der Waals surface area contributed by atoms with Crippen molar-refractivity contribution in [1.82, 2.24) is 4.90 Å². The molecule has 4 rings (SSSR count). The van der Waals surface area contributed by atoms with Crippen LogP contribution in [0.4, 0.5) is 10.5 Å². The number of amides is 3. The van der Waals surface area contributed by atoms with Crippen LogP contribution in [-0.4, -0.2) is 35.6 Å². The van der Waals surface area contributed by atoms with Gasteiger partial charge >= 0.3 is 0 Å². The third kappa shape index (κ3) is 6.51. The number of thioether (sulfide) groups is 1. The van der Waals surface area contributed by atoms with Crippen molar-refractivity contribution in [2.75, 3.05) is 19.0 Å². The molecule has 0 aliphatic carbocycles. The van der Waals surface area contributed by atoms with Crippen molar-refractivity contribution in [2.45, 2.75) is 20.5 Å². The lowest BCUT2D eigenvalue weighted by Gasteiger charge is -2.15. The zero-order chi connectivity index (χ0) is 27.4. The van der Waals surface area contributed by atoms with E-state index in [9.17, 15) is 14.4 Å². The normalized spacial score (nSPS) is 14.2. The van der Waals surface area contributed by atoms with Gasteiger partial charge in [-0.15, -0.1) is 0 Å². The maximum absolute atomic E-state index is 13.1. The monoisotopic (exact) mass is 570 g/mol. The van der Waals surface area contributed by atoms with E-state index in [1.165, 1.54) is 7.11 Å². The number of halogens is 2. The summed E-state index contributed by atoms with van der Waals surface area (Å²) in [5.74, 6) is -0.217. The zero-order valence-corrected chi connectivity index (χ0v) is 23.2. The molecule has 1 fully saturated rings. The lowest BCUT2D eigenvalue weighted by molar-refractivity contribution is -0.127. The zero-order valence-electron chi connectivity index (χ0n) is 20.8. The van der Waals surface area contributed by atoms with E-state index in [1.54, 1.807) is 42.5 Å². The number of carbonyl (C=O) groups is 3. The molecule has 3 aromatic carbocycles. The molecule has 196 valence electrons. The number of anilines is 1. The lowest BCUT2D eigenvalue weighted by Crippen LogP contribution is -2.36. The van der Waals surface area contributed by atoms with E-state index in [0.717, 1.165) is 27.8 Å². The Morgan fingerprint density at radius 3 is 2.47 bits per heavy atom. The Balaban J connectivity index is 1.52. The molecule has 0 saturated carbocycles. The Bertz CT molecular complexity index is 1440. The first-order chi connectivity index (χ1) is 18.1. The second-order valence-corrected chi connectivity index (χ2v) is 10.4. The number of hydrogen-bond acceptors (Lipinski definition) is 6. The quantitative estimate of drug-likeness (QED) is 0.297. The van der Waals surface area contributed by atoms with Gasteiger partial charge in [-0.3, -0.25) is 19.3 Å². The first-order valence-corrected chi connectivity index (χ1v) is 13.1. The van der Waals surface area contributed by atoms with E-state index in [4.69, 9.17) is 32.7 Å². The van der Waals surface area contributed by atoms with Crippen molar-refractivity contribution >= 4 is 63.8 Å². The molecule has 1 saturated heterocycles. The van der Waals surface area contributed by atoms with Gasteiger partial charge in [-0.2, -0.15) is 0 Å². The summed E-state index contributed by atoms with van der Waals surface area (Å²) in [6.07, 6.45) is 1.55. The van der Waals surface area contributed by atoms with Crippen molar-refractivity contribution < 1.29 is 23.9 Å². The molecule has 0 spiro atoms. The van der Waals surface area contributed by atoms with Crippen LogP contribution in [0.3, 0.4) is 0 Å². The highest BCUT2D eigenvalue weighted by Crippen LogP contribution is 2.38. The maximum Gasteiger partial charge on any atom is 0.294 e. The maximum atomic E-state index is 13.1. The van der Waals surface area contributed by atoms with E-state index >= 15 is 0 Å². The fourth-order valence-electron chi connectivity index (χ4n) is 3.92. The van der Waals surface area contributed by atoms with E-state index in [-0.39, 0.29) is 11.5 Å². The van der Waals surface area contributed by atoms with Crippen LogP contribution in [0.25, 0.3) is 6.08 Å². The summed E-state index contributed by atoms with van der Waals surface area (Å²) in [5, 5.41) is 3.18. The number of para-hydroxylation sites is 1. The SMILES string of the molecule is COc1cccc(/C=C2/SC(=O)N(CC(=O)Nc3cc(C)cc(C)c3)C2=O)c1OCc1ccc(Cl)cc1Cl. The number of aryl methyl sites for hydroxylation is 2. The van der Waals surface area contributed by atoms with Crippen molar-refractivity contribution in [3.8, 4) is 11.5 Å². The average molecular weight is 571 g/mol. The van der Waals surface area contributed by atoms with Gasteiger partial charge in [-0.1, -0.05) is 47.5 Å². The van der Waals surface area contributed by atoms with Gasteiger partial charge in [0, 0.05) is 26.9 Å². The second-order valence-electron chi connectivity index (χ2n) is 8.60. The fourth-order valence-corrected chi connectivity index (χ4v) is 5.21. The number of methoxy groups -OCH3 is 1. The molecular formula is C28H24Cl2N2O5S. The minimum absolute atomic E-state index is 0.122. The number of rotatable bonds is 8. The first-order valence-electron chi connectivity index (χ1n) is 11.5. The highest BCUT2D eigenvalue weighted by molar-refractivity contribution is 8.18. The summed E-state index contributed by atoms with van der Waals surface area (Å²) >= 11 is 13.0. The summed E-state index contributed by atoms with van der Waals surface area (Å²) in [5.41, 5.74) is 3.82. The molecule has 0 atom stereocenters. The highest BCUT2D eigenvalue weighted by Gasteiger charge is 2.36. The molecule has 1 aliphatic rings. The molecule has 0 unspecified atom stereocenters. The first kappa shape index (κ1) is 27.6. The summed E-state index contributed by atoms with van der Waals surface area (Å²) in [7, 11) is 1.50. The van der Waals surface area contributed by atoms with E-state index < -0.39 is 23.6 Å². The third-order valence-electron chi connectivity index (χ3n) is 5.58. The second kappa shape index (κ2) is 11.9. The highest BCUT2D eigenvalue weighted by atomic mass is 35.5. The number of nitrogens with one attached hydrogen (secondary N) is 1. The van der Waals surface area contributed by atoms with Gasteiger partial charge in [0.2, 0.25) is 5.91 Å². The minimum Gasteiger partial charge on any atom is -0.493 e. The molecule has 0 radical (unpaired) electrons. The Morgan fingerprint density at radius 1 is 1.05 bits per heavy atom. The van der Waals surface area contributed by atoms with Crippen LogP contribution < -0.4 is 14.8 Å².